The molecular weight excluding hydrogens is 326 g/mol. The van der Waals surface area contributed by atoms with Gasteiger partial charge in [0.15, 0.2) is 0 Å². The minimum absolute atomic E-state index is 0.388. The Labute approximate surface area is 126 Å². The number of imidazole rings is 1. The van der Waals surface area contributed by atoms with E-state index in [0.717, 1.165) is 28.1 Å². The van der Waals surface area contributed by atoms with Crippen LogP contribution < -0.4 is 5.32 Å². The van der Waals surface area contributed by atoms with Crippen molar-refractivity contribution in [1.82, 2.24) is 14.9 Å². The molecule has 5 heteroatoms. The van der Waals surface area contributed by atoms with Crippen molar-refractivity contribution in [3.63, 3.8) is 0 Å². The van der Waals surface area contributed by atoms with E-state index < -0.39 is 0 Å². The third kappa shape index (κ3) is 2.71. The quantitative estimate of drug-likeness (QED) is 0.892. The average molecular weight is 341 g/mol. The summed E-state index contributed by atoms with van der Waals surface area (Å²) in [6.45, 7) is 1.08. The normalized spacial score (nSPS) is 19.6. The number of rotatable bonds is 2. The second kappa shape index (κ2) is 5.65. The van der Waals surface area contributed by atoms with E-state index in [2.05, 4.69) is 30.8 Å². The van der Waals surface area contributed by atoms with Gasteiger partial charge in [-0.1, -0.05) is 18.0 Å². The Hall–Kier alpha value is -0.840. The first-order valence-electron chi connectivity index (χ1n) is 6.47. The van der Waals surface area contributed by atoms with Crippen LogP contribution in [0.25, 0.3) is 5.69 Å². The molecule has 3 rings (SSSR count). The molecule has 0 bridgehead atoms. The molecule has 1 aromatic heterocycles. The largest absolute Gasteiger partial charge is 0.309 e. The fourth-order valence-corrected chi connectivity index (χ4v) is 3.42. The van der Waals surface area contributed by atoms with Crippen LogP contribution in [0.1, 0.15) is 31.0 Å². The number of benzene rings is 1. The lowest BCUT2D eigenvalue weighted by Crippen LogP contribution is -2.28. The van der Waals surface area contributed by atoms with E-state index in [9.17, 15) is 0 Å². The van der Waals surface area contributed by atoms with Gasteiger partial charge in [-0.2, -0.15) is 0 Å². The molecule has 19 heavy (non-hydrogen) atoms. The lowest BCUT2D eigenvalue weighted by Gasteiger charge is -2.24. The van der Waals surface area contributed by atoms with Crippen LogP contribution in [-0.2, 0) is 0 Å². The topological polar surface area (TPSA) is 29.9 Å². The number of nitrogens with one attached hydrogen (secondary N) is 1. The van der Waals surface area contributed by atoms with Gasteiger partial charge in [-0.25, -0.2) is 4.98 Å². The zero-order valence-corrected chi connectivity index (χ0v) is 12.8. The molecule has 1 saturated heterocycles. The van der Waals surface area contributed by atoms with Crippen LogP contribution in [0.4, 0.5) is 0 Å². The van der Waals surface area contributed by atoms with Crippen molar-refractivity contribution in [1.29, 1.82) is 0 Å². The van der Waals surface area contributed by atoms with Gasteiger partial charge >= 0.3 is 0 Å². The van der Waals surface area contributed by atoms with E-state index in [-0.39, 0.29) is 0 Å². The molecule has 0 saturated carbocycles. The van der Waals surface area contributed by atoms with Crippen LogP contribution in [0.15, 0.2) is 35.2 Å². The predicted octanol–water partition coefficient (Wildman–Crippen LogP) is 4.10. The minimum atomic E-state index is 0.388. The van der Waals surface area contributed by atoms with Crippen LogP contribution in [0, 0.1) is 0 Å². The van der Waals surface area contributed by atoms with Gasteiger partial charge in [0.2, 0.25) is 0 Å². The monoisotopic (exact) mass is 339 g/mol. The molecule has 0 amide bonds. The van der Waals surface area contributed by atoms with Crippen LogP contribution in [-0.4, -0.2) is 16.1 Å². The highest BCUT2D eigenvalue weighted by atomic mass is 79.9. The van der Waals surface area contributed by atoms with Crippen LogP contribution in [0.5, 0.6) is 0 Å². The Morgan fingerprint density at radius 2 is 2.26 bits per heavy atom. The second-order valence-electron chi connectivity index (χ2n) is 4.79. The van der Waals surface area contributed by atoms with E-state index in [0.29, 0.717) is 6.04 Å². The van der Waals surface area contributed by atoms with Crippen molar-refractivity contribution in [3.05, 3.63) is 45.9 Å². The number of nitrogens with zero attached hydrogens (tertiary/aromatic N) is 2. The van der Waals surface area contributed by atoms with E-state index >= 15 is 0 Å². The zero-order chi connectivity index (χ0) is 13.2. The van der Waals surface area contributed by atoms with Gasteiger partial charge in [0.1, 0.15) is 0 Å². The van der Waals surface area contributed by atoms with E-state index in [1.165, 1.54) is 18.5 Å². The first-order valence-corrected chi connectivity index (χ1v) is 7.64. The van der Waals surface area contributed by atoms with Gasteiger partial charge in [0.05, 0.1) is 23.9 Å². The standard InChI is InChI=1S/C14H15BrClN3/c15-11-7-10(16)4-5-13(11)19-9-17-8-14(19)12-3-1-2-6-18-12/h4-5,7-9,12,18H,1-3,6H2. The van der Waals surface area contributed by atoms with E-state index in [4.69, 9.17) is 11.6 Å². The maximum absolute atomic E-state index is 6.00. The maximum atomic E-state index is 6.00. The lowest BCUT2D eigenvalue weighted by atomic mass is 10.0. The Kier molecular flexibility index (Phi) is 3.91. The summed E-state index contributed by atoms with van der Waals surface area (Å²) in [5.41, 5.74) is 2.28. The van der Waals surface area contributed by atoms with E-state index in [1.807, 2.05) is 30.7 Å². The summed E-state index contributed by atoms with van der Waals surface area (Å²) in [7, 11) is 0. The Balaban J connectivity index is 1.99. The summed E-state index contributed by atoms with van der Waals surface area (Å²) < 4.78 is 3.11. The highest BCUT2D eigenvalue weighted by molar-refractivity contribution is 9.10. The predicted molar refractivity (Wildman–Crippen MR) is 80.9 cm³/mol. The molecule has 1 aliphatic rings. The third-order valence-electron chi connectivity index (χ3n) is 3.50. The van der Waals surface area contributed by atoms with Crippen LogP contribution in [0.2, 0.25) is 5.02 Å². The van der Waals surface area contributed by atoms with Gasteiger partial charge in [-0.3, -0.25) is 0 Å². The van der Waals surface area contributed by atoms with Crippen LogP contribution >= 0.6 is 27.5 Å². The fourth-order valence-electron chi connectivity index (χ4n) is 2.55. The highest BCUT2D eigenvalue weighted by Gasteiger charge is 2.19. The molecule has 3 nitrogen and oxygen atoms in total. The van der Waals surface area contributed by atoms with E-state index in [1.54, 1.807) is 0 Å². The first kappa shape index (κ1) is 13.2. The molecule has 2 heterocycles. The Bertz CT molecular complexity index is 576. The molecule has 2 aromatic rings. The lowest BCUT2D eigenvalue weighted by molar-refractivity contribution is 0.402. The van der Waals surface area contributed by atoms with Gasteiger partial charge in [-0.05, 0) is 53.5 Å². The summed E-state index contributed by atoms with van der Waals surface area (Å²) in [5.74, 6) is 0. The molecule has 1 aliphatic heterocycles. The van der Waals surface area contributed by atoms with Crippen molar-refractivity contribution in [3.8, 4) is 5.69 Å². The smallest absolute Gasteiger partial charge is 0.0995 e. The summed E-state index contributed by atoms with van der Waals surface area (Å²) in [4.78, 5) is 4.31. The SMILES string of the molecule is Clc1ccc(-n2cncc2C2CCCCN2)c(Br)c1. The number of halogens is 2. The van der Waals surface area contributed by atoms with Gasteiger partial charge in [0.25, 0.3) is 0 Å². The Morgan fingerprint density at radius 1 is 1.37 bits per heavy atom. The number of piperidine rings is 1. The summed E-state index contributed by atoms with van der Waals surface area (Å²) in [6, 6.07) is 6.22. The molecule has 0 spiro atoms. The fraction of sp³-hybridized carbons (Fsp3) is 0.357. The van der Waals surface area contributed by atoms with Crippen molar-refractivity contribution in [2.75, 3.05) is 6.54 Å². The molecule has 1 atom stereocenters. The molecule has 1 N–H and O–H groups in total. The molecular formula is C14H15BrClN3. The second-order valence-corrected chi connectivity index (χ2v) is 6.08. The molecule has 1 aromatic carbocycles. The van der Waals surface area contributed by atoms with Gasteiger partial charge in [-0.15, -0.1) is 0 Å². The van der Waals surface area contributed by atoms with Crippen molar-refractivity contribution >= 4 is 27.5 Å². The minimum Gasteiger partial charge on any atom is -0.309 e. The number of hydrogen-bond acceptors (Lipinski definition) is 2. The zero-order valence-electron chi connectivity index (χ0n) is 10.4. The summed E-state index contributed by atoms with van der Waals surface area (Å²) >= 11 is 9.57. The highest BCUT2D eigenvalue weighted by Crippen LogP contribution is 2.29. The van der Waals surface area contributed by atoms with Crippen molar-refractivity contribution in [2.45, 2.75) is 25.3 Å². The maximum Gasteiger partial charge on any atom is 0.0995 e. The third-order valence-corrected chi connectivity index (χ3v) is 4.37. The molecule has 1 fully saturated rings. The molecule has 0 radical (unpaired) electrons. The average Bonchev–Trinajstić information content (AvgIpc) is 2.89. The molecule has 0 aliphatic carbocycles. The summed E-state index contributed by atoms with van der Waals surface area (Å²) in [5, 5.41) is 4.29. The summed E-state index contributed by atoms with van der Waals surface area (Å²) in [6.07, 6.45) is 7.50. The van der Waals surface area contributed by atoms with Gasteiger partial charge < -0.3 is 9.88 Å². The molecule has 1 unspecified atom stereocenters. The number of aromatic nitrogens is 2. The van der Waals surface area contributed by atoms with Crippen molar-refractivity contribution < 1.29 is 0 Å². The van der Waals surface area contributed by atoms with Crippen molar-refractivity contribution in [2.24, 2.45) is 0 Å². The molecule has 100 valence electrons. The van der Waals surface area contributed by atoms with Crippen LogP contribution in [0.3, 0.4) is 0 Å². The first-order chi connectivity index (χ1) is 9.25. The number of hydrogen-bond donors (Lipinski definition) is 1. The van der Waals surface area contributed by atoms with Gasteiger partial charge in [0, 0.05) is 15.5 Å². The Morgan fingerprint density at radius 3 is 3.00 bits per heavy atom.